The number of hydrogen-bond donors (Lipinski definition) is 2. The summed E-state index contributed by atoms with van der Waals surface area (Å²) in [5, 5.41) is 14.6. The zero-order chi connectivity index (χ0) is 20.2. The highest BCUT2D eigenvalue weighted by Gasteiger charge is 2.61. The molecule has 0 aromatic heterocycles. The second-order valence-electron chi connectivity index (χ2n) is 10.4. The summed E-state index contributed by atoms with van der Waals surface area (Å²) in [7, 11) is 0. The lowest BCUT2D eigenvalue weighted by Gasteiger charge is -2.52. The molecule has 0 unspecified atom stereocenters. The minimum Gasteiger partial charge on any atom is -0.377 e. The van der Waals surface area contributed by atoms with Crippen LogP contribution in [-0.2, 0) is 13.0 Å². The van der Waals surface area contributed by atoms with Crippen molar-refractivity contribution in [1.82, 2.24) is 10.2 Å². The number of benzene rings is 1. The number of nitrogens with one attached hydrogen (secondary N) is 1. The predicted molar refractivity (Wildman–Crippen MR) is 118 cm³/mol. The van der Waals surface area contributed by atoms with Gasteiger partial charge in [-0.2, -0.15) is 0 Å². The highest BCUT2D eigenvalue weighted by molar-refractivity contribution is 5.43. The van der Waals surface area contributed by atoms with Crippen molar-refractivity contribution in [1.29, 1.82) is 0 Å². The van der Waals surface area contributed by atoms with Gasteiger partial charge >= 0.3 is 0 Å². The van der Waals surface area contributed by atoms with Crippen LogP contribution in [0.25, 0.3) is 0 Å². The van der Waals surface area contributed by atoms with Crippen LogP contribution < -0.4 is 5.32 Å². The highest BCUT2D eigenvalue weighted by Crippen LogP contribution is 2.64. The van der Waals surface area contributed by atoms with Crippen LogP contribution in [0.15, 0.2) is 12.1 Å². The molecule has 4 aliphatic rings. The SMILES string of the molecule is C#C[C@]1(O)CC[C@H]2[C@@H]3CCc4cc(C)c(CN5CCNCC5)cc4[C@H]3CC[C@@]21C. The Bertz CT molecular complexity index is 836. The van der Waals surface area contributed by atoms with Gasteiger partial charge in [0.25, 0.3) is 0 Å². The molecule has 5 atom stereocenters. The van der Waals surface area contributed by atoms with Crippen LogP contribution in [0.2, 0.25) is 0 Å². The lowest BCUT2D eigenvalue weighted by atomic mass is 9.53. The average molecular weight is 393 g/mol. The third-order valence-electron chi connectivity index (χ3n) is 9.18. The van der Waals surface area contributed by atoms with Crippen LogP contribution in [0.3, 0.4) is 0 Å². The number of hydrogen-bond acceptors (Lipinski definition) is 3. The van der Waals surface area contributed by atoms with E-state index >= 15 is 0 Å². The topological polar surface area (TPSA) is 35.5 Å². The van der Waals surface area contributed by atoms with E-state index in [4.69, 9.17) is 6.42 Å². The third-order valence-corrected chi connectivity index (χ3v) is 9.18. The van der Waals surface area contributed by atoms with E-state index in [0.717, 1.165) is 52.0 Å². The maximum Gasteiger partial charge on any atom is 0.130 e. The monoisotopic (exact) mass is 392 g/mol. The highest BCUT2D eigenvalue weighted by atomic mass is 16.3. The summed E-state index contributed by atoms with van der Waals surface area (Å²) in [6.45, 7) is 10.2. The smallest absolute Gasteiger partial charge is 0.130 e. The zero-order valence-electron chi connectivity index (χ0n) is 18.1. The molecule has 156 valence electrons. The molecule has 1 aromatic rings. The van der Waals surface area contributed by atoms with Crippen LogP contribution in [0.1, 0.15) is 67.2 Å². The van der Waals surface area contributed by atoms with E-state index in [9.17, 15) is 5.11 Å². The lowest BCUT2D eigenvalue weighted by molar-refractivity contribution is -0.0647. The van der Waals surface area contributed by atoms with Crippen molar-refractivity contribution in [2.75, 3.05) is 26.2 Å². The van der Waals surface area contributed by atoms with E-state index in [-0.39, 0.29) is 5.41 Å². The first-order valence-corrected chi connectivity index (χ1v) is 11.7. The van der Waals surface area contributed by atoms with Gasteiger partial charge in [0.05, 0.1) is 0 Å². The summed E-state index contributed by atoms with van der Waals surface area (Å²) in [4.78, 5) is 2.59. The molecule has 5 rings (SSSR count). The molecule has 29 heavy (non-hydrogen) atoms. The number of fused-ring (bicyclic) bond motifs is 5. The van der Waals surface area contributed by atoms with Crippen molar-refractivity contribution >= 4 is 0 Å². The molecule has 0 bridgehead atoms. The summed E-state index contributed by atoms with van der Waals surface area (Å²) in [5.74, 6) is 4.70. The first kappa shape index (κ1) is 19.6. The van der Waals surface area contributed by atoms with Gasteiger partial charge in [0.2, 0.25) is 0 Å². The molecule has 1 saturated heterocycles. The zero-order valence-corrected chi connectivity index (χ0v) is 18.1. The number of aliphatic hydroxyl groups is 1. The van der Waals surface area contributed by atoms with Crippen LogP contribution in [0, 0.1) is 36.5 Å². The molecule has 2 N–H and O–H groups in total. The summed E-state index contributed by atoms with van der Waals surface area (Å²) in [6.07, 6.45) is 12.4. The fraction of sp³-hybridized carbons (Fsp3) is 0.692. The Labute approximate surface area is 176 Å². The summed E-state index contributed by atoms with van der Waals surface area (Å²) in [6, 6.07) is 5.05. The Morgan fingerprint density at radius 1 is 1.21 bits per heavy atom. The second-order valence-corrected chi connectivity index (χ2v) is 10.4. The maximum absolute atomic E-state index is 11.2. The van der Waals surface area contributed by atoms with Crippen LogP contribution in [-0.4, -0.2) is 41.8 Å². The molecule has 3 fully saturated rings. The predicted octanol–water partition coefficient (Wildman–Crippen LogP) is 3.62. The minimum absolute atomic E-state index is 0.102. The van der Waals surface area contributed by atoms with Crippen molar-refractivity contribution in [3.05, 3.63) is 34.4 Å². The molecule has 0 radical (unpaired) electrons. The van der Waals surface area contributed by atoms with Crippen molar-refractivity contribution in [2.45, 2.75) is 70.4 Å². The van der Waals surface area contributed by atoms with Gasteiger partial charge in [-0.3, -0.25) is 4.90 Å². The Balaban J connectivity index is 1.44. The summed E-state index contributed by atoms with van der Waals surface area (Å²) >= 11 is 0. The van der Waals surface area contributed by atoms with Crippen molar-refractivity contribution in [3.8, 4) is 12.3 Å². The summed E-state index contributed by atoms with van der Waals surface area (Å²) in [5.41, 5.74) is 5.19. The Kier molecular flexibility index (Phi) is 4.81. The fourth-order valence-corrected chi connectivity index (χ4v) is 7.33. The lowest BCUT2D eigenvalue weighted by Crippen LogP contribution is -2.50. The molecule has 3 aliphatic carbocycles. The molecule has 0 spiro atoms. The van der Waals surface area contributed by atoms with E-state index < -0.39 is 5.60 Å². The number of terminal acetylenes is 1. The molecular formula is C26H36N2O. The van der Waals surface area contributed by atoms with E-state index in [1.165, 1.54) is 30.4 Å². The van der Waals surface area contributed by atoms with Gasteiger partial charge in [0.1, 0.15) is 5.60 Å². The van der Waals surface area contributed by atoms with Crippen molar-refractivity contribution in [3.63, 3.8) is 0 Å². The first-order valence-electron chi connectivity index (χ1n) is 11.7. The molecular weight excluding hydrogens is 356 g/mol. The average Bonchev–Trinajstić information content (AvgIpc) is 3.01. The molecule has 0 amide bonds. The molecule has 1 aliphatic heterocycles. The standard InChI is InChI=1S/C26H36N2O/c1-4-26(29)10-8-24-22-6-5-19-15-18(2)20(17-28-13-11-27-12-14-28)16-23(19)21(22)7-9-25(24,26)3/h1,15-16,21-22,24,27,29H,5-14,17H2,2-3H3/t21-,22+,24-,25-,26-/m0/s1. The van der Waals surface area contributed by atoms with E-state index in [1.54, 1.807) is 11.1 Å². The molecule has 3 heteroatoms. The molecule has 1 heterocycles. The first-order chi connectivity index (χ1) is 13.9. The van der Waals surface area contributed by atoms with Gasteiger partial charge in [-0.25, -0.2) is 0 Å². The molecule has 3 nitrogen and oxygen atoms in total. The van der Waals surface area contributed by atoms with Crippen molar-refractivity contribution < 1.29 is 5.11 Å². The molecule has 2 saturated carbocycles. The van der Waals surface area contributed by atoms with Gasteiger partial charge in [-0.1, -0.05) is 25.0 Å². The maximum atomic E-state index is 11.2. The van der Waals surface area contributed by atoms with Gasteiger partial charge in [-0.15, -0.1) is 6.42 Å². The minimum atomic E-state index is -0.899. The quantitative estimate of drug-likeness (QED) is 0.755. The molecule has 1 aromatic carbocycles. The van der Waals surface area contributed by atoms with E-state index in [2.05, 4.69) is 42.1 Å². The number of piperazine rings is 1. The fourth-order valence-electron chi connectivity index (χ4n) is 7.33. The Morgan fingerprint density at radius 2 is 2.00 bits per heavy atom. The van der Waals surface area contributed by atoms with Gasteiger partial charge in [0.15, 0.2) is 0 Å². The van der Waals surface area contributed by atoms with Crippen molar-refractivity contribution in [2.24, 2.45) is 17.3 Å². The van der Waals surface area contributed by atoms with Gasteiger partial charge in [0, 0.05) is 38.1 Å². The summed E-state index contributed by atoms with van der Waals surface area (Å²) < 4.78 is 0. The largest absolute Gasteiger partial charge is 0.377 e. The van der Waals surface area contributed by atoms with Gasteiger partial charge in [-0.05, 0) is 85.5 Å². The number of rotatable bonds is 2. The number of nitrogens with zero attached hydrogens (tertiary/aromatic N) is 1. The second kappa shape index (κ2) is 7.12. The van der Waals surface area contributed by atoms with Gasteiger partial charge < -0.3 is 10.4 Å². The Hall–Kier alpha value is -1.34. The van der Waals surface area contributed by atoms with E-state index in [1.807, 2.05) is 0 Å². The third kappa shape index (κ3) is 2.99. The number of aryl methyl sites for hydroxylation is 2. The van der Waals surface area contributed by atoms with Crippen LogP contribution in [0.4, 0.5) is 0 Å². The normalized spacial score (nSPS) is 39.3. The van der Waals surface area contributed by atoms with Crippen LogP contribution >= 0.6 is 0 Å². The van der Waals surface area contributed by atoms with Crippen LogP contribution in [0.5, 0.6) is 0 Å². The Morgan fingerprint density at radius 3 is 2.76 bits per heavy atom. The van der Waals surface area contributed by atoms with E-state index in [0.29, 0.717) is 17.8 Å².